The molecule has 0 fully saturated rings. The fourth-order valence-corrected chi connectivity index (χ4v) is 5.21. The Morgan fingerprint density at radius 3 is 2.54 bits per heavy atom. The minimum atomic E-state index is -0.572. The number of nitro benzene ring substituents is 1. The van der Waals surface area contributed by atoms with Gasteiger partial charge in [-0.1, -0.05) is 65.3 Å². The van der Waals surface area contributed by atoms with Crippen molar-refractivity contribution in [3.63, 3.8) is 0 Å². The quantitative estimate of drug-likeness (QED) is 0.144. The SMILES string of the molecule is Cc1ccccc1CSc1nnc(C(C)NC(=O)c2ccc([N+](=O)[O-])cc2Cl)n1-c1cc(Cl)ccc1C. The lowest BCUT2D eigenvalue weighted by molar-refractivity contribution is -0.384. The van der Waals surface area contributed by atoms with Gasteiger partial charge in [-0.05, 0) is 55.7 Å². The molecule has 1 aromatic heterocycles. The summed E-state index contributed by atoms with van der Waals surface area (Å²) >= 11 is 14.0. The molecule has 190 valence electrons. The smallest absolute Gasteiger partial charge is 0.270 e. The maximum atomic E-state index is 13.0. The summed E-state index contributed by atoms with van der Waals surface area (Å²) in [4.78, 5) is 23.4. The number of nitrogens with zero attached hydrogens (tertiary/aromatic N) is 4. The predicted molar refractivity (Wildman–Crippen MR) is 146 cm³/mol. The number of amides is 1. The zero-order valence-electron chi connectivity index (χ0n) is 20.2. The predicted octanol–water partition coefficient (Wildman–Crippen LogP) is 6.88. The monoisotopic (exact) mass is 555 g/mol. The molecule has 0 saturated carbocycles. The van der Waals surface area contributed by atoms with Crippen molar-refractivity contribution < 1.29 is 9.72 Å². The summed E-state index contributed by atoms with van der Waals surface area (Å²) in [6.45, 7) is 5.81. The summed E-state index contributed by atoms with van der Waals surface area (Å²) in [5.74, 6) is 0.701. The van der Waals surface area contributed by atoms with Crippen LogP contribution in [-0.2, 0) is 5.75 Å². The van der Waals surface area contributed by atoms with Crippen molar-refractivity contribution in [3.8, 4) is 5.69 Å². The van der Waals surface area contributed by atoms with Crippen LogP contribution in [0.3, 0.4) is 0 Å². The van der Waals surface area contributed by atoms with E-state index in [1.807, 2.05) is 41.8 Å². The van der Waals surface area contributed by atoms with Gasteiger partial charge in [0.05, 0.1) is 27.2 Å². The zero-order chi connectivity index (χ0) is 26.7. The number of aromatic nitrogens is 3. The first-order valence-corrected chi connectivity index (χ1v) is 13.0. The Bertz CT molecular complexity index is 1490. The fourth-order valence-electron chi connectivity index (χ4n) is 3.76. The molecule has 11 heteroatoms. The van der Waals surface area contributed by atoms with Crippen molar-refractivity contribution in [2.75, 3.05) is 0 Å². The van der Waals surface area contributed by atoms with E-state index < -0.39 is 16.9 Å². The second kappa shape index (κ2) is 11.3. The number of thioether (sulfide) groups is 1. The highest BCUT2D eigenvalue weighted by Gasteiger charge is 2.24. The van der Waals surface area contributed by atoms with E-state index in [0.29, 0.717) is 21.8 Å². The Labute approximate surface area is 228 Å². The van der Waals surface area contributed by atoms with Crippen molar-refractivity contribution in [2.24, 2.45) is 0 Å². The number of nitro groups is 1. The Morgan fingerprint density at radius 1 is 1.08 bits per heavy atom. The molecule has 1 atom stereocenters. The molecular formula is C26H23Cl2N5O3S. The first-order chi connectivity index (χ1) is 17.7. The first-order valence-electron chi connectivity index (χ1n) is 11.3. The van der Waals surface area contributed by atoms with Crippen molar-refractivity contribution >= 4 is 46.6 Å². The number of carbonyl (C=O) groups excluding carboxylic acids is 1. The van der Waals surface area contributed by atoms with E-state index in [-0.39, 0.29) is 16.3 Å². The minimum Gasteiger partial charge on any atom is -0.342 e. The minimum absolute atomic E-state index is 0.0134. The van der Waals surface area contributed by atoms with Gasteiger partial charge in [-0.25, -0.2) is 0 Å². The third-order valence-electron chi connectivity index (χ3n) is 5.83. The number of nitrogens with one attached hydrogen (secondary N) is 1. The Kier molecular flexibility index (Phi) is 8.16. The van der Waals surface area contributed by atoms with Gasteiger partial charge in [0.2, 0.25) is 0 Å². The largest absolute Gasteiger partial charge is 0.342 e. The molecule has 0 aliphatic rings. The van der Waals surface area contributed by atoms with Crippen LogP contribution in [0, 0.1) is 24.0 Å². The molecular weight excluding hydrogens is 533 g/mol. The summed E-state index contributed by atoms with van der Waals surface area (Å²) in [5.41, 5.74) is 4.05. The normalized spacial score (nSPS) is 11.8. The average Bonchev–Trinajstić information content (AvgIpc) is 3.28. The van der Waals surface area contributed by atoms with Gasteiger partial charge in [-0.3, -0.25) is 19.5 Å². The van der Waals surface area contributed by atoms with Crippen LogP contribution in [0.2, 0.25) is 10.0 Å². The highest BCUT2D eigenvalue weighted by atomic mass is 35.5. The molecule has 3 aromatic carbocycles. The number of halogens is 2. The Morgan fingerprint density at radius 2 is 1.84 bits per heavy atom. The summed E-state index contributed by atoms with van der Waals surface area (Å²) in [6, 6.07) is 16.9. The van der Waals surface area contributed by atoms with Crippen LogP contribution >= 0.6 is 35.0 Å². The molecule has 0 radical (unpaired) electrons. The Hall–Kier alpha value is -3.40. The maximum absolute atomic E-state index is 13.0. The molecule has 0 saturated heterocycles. The molecule has 4 rings (SSSR count). The Balaban J connectivity index is 1.67. The van der Waals surface area contributed by atoms with Gasteiger partial charge in [-0.2, -0.15) is 0 Å². The number of hydrogen-bond acceptors (Lipinski definition) is 6. The molecule has 4 aromatic rings. The first kappa shape index (κ1) is 26.7. The molecule has 0 aliphatic heterocycles. The molecule has 0 bridgehead atoms. The summed E-state index contributed by atoms with van der Waals surface area (Å²) in [7, 11) is 0. The van der Waals surface area contributed by atoms with E-state index in [9.17, 15) is 14.9 Å². The van der Waals surface area contributed by atoms with Crippen LogP contribution in [0.15, 0.2) is 65.8 Å². The lowest BCUT2D eigenvalue weighted by Gasteiger charge is -2.18. The topological polar surface area (TPSA) is 103 Å². The van der Waals surface area contributed by atoms with Crippen molar-refractivity contribution in [3.05, 3.63) is 109 Å². The lowest BCUT2D eigenvalue weighted by atomic mass is 10.1. The van der Waals surface area contributed by atoms with Crippen molar-refractivity contribution in [2.45, 2.75) is 37.7 Å². The fraction of sp³-hybridized carbons (Fsp3) is 0.192. The molecule has 0 aliphatic carbocycles. The summed E-state index contributed by atoms with van der Waals surface area (Å²) < 4.78 is 1.90. The van der Waals surface area contributed by atoms with Crippen LogP contribution in [0.25, 0.3) is 5.69 Å². The van der Waals surface area contributed by atoms with E-state index in [1.54, 1.807) is 6.92 Å². The van der Waals surface area contributed by atoms with Gasteiger partial charge in [0.1, 0.15) is 0 Å². The van der Waals surface area contributed by atoms with E-state index in [2.05, 4.69) is 34.6 Å². The van der Waals surface area contributed by atoms with Crippen LogP contribution in [0.5, 0.6) is 0 Å². The van der Waals surface area contributed by atoms with Crippen molar-refractivity contribution in [1.29, 1.82) is 0 Å². The molecule has 1 unspecified atom stereocenters. The maximum Gasteiger partial charge on any atom is 0.270 e. The van der Waals surface area contributed by atoms with Gasteiger partial charge in [0.25, 0.3) is 11.6 Å². The number of rotatable bonds is 8. The summed E-state index contributed by atoms with van der Waals surface area (Å²) in [5, 5.41) is 23.9. The lowest BCUT2D eigenvalue weighted by Crippen LogP contribution is -2.29. The van der Waals surface area contributed by atoms with Gasteiger partial charge in [-0.15, -0.1) is 10.2 Å². The number of hydrogen-bond donors (Lipinski definition) is 1. The number of aryl methyl sites for hydroxylation is 2. The molecule has 0 spiro atoms. The summed E-state index contributed by atoms with van der Waals surface area (Å²) in [6.07, 6.45) is 0. The van der Waals surface area contributed by atoms with Crippen LogP contribution in [0.1, 0.15) is 45.8 Å². The van der Waals surface area contributed by atoms with E-state index >= 15 is 0 Å². The number of benzene rings is 3. The number of carbonyl (C=O) groups is 1. The number of non-ortho nitro benzene ring substituents is 1. The van der Waals surface area contributed by atoms with Crippen LogP contribution < -0.4 is 5.32 Å². The molecule has 8 nitrogen and oxygen atoms in total. The third-order valence-corrected chi connectivity index (χ3v) is 7.36. The molecule has 1 heterocycles. The third kappa shape index (κ3) is 5.95. The van der Waals surface area contributed by atoms with Crippen LogP contribution in [-0.4, -0.2) is 25.6 Å². The zero-order valence-corrected chi connectivity index (χ0v) is 22.6. The highest BCUT2D eigenvalue weighted by molar-refractivity contribution is 7.98. The van der Waals surface area contributed by atoms with E-state index in [1.165, 1.54) is 35.0 Å². The molecule has 1 N–H and O–H groups in total. The second-order valence-electron chi connectivity index (χ2n) is 8.44. The standard InChI is InChI=1S/C26H23Cl2N5O3S/c1-15-6-4-5-7-18(15)14-37-26-31-30-24(32(26)23-12-19(27)9-8-16(23)2)17(3)29-25(34)21-11-10-20(33(35)36)13-22(21)28/h4-13,17H,14H2,1-3H3,(H,29,34). The van der Waals surface area contributed by atoms with Gasteiger partial charge >= 0.3 is 0 Å². The molecule has 37 heavy (non-hydrogen) atoms. The van der Waals surface area contributed by atoms with Gasteiger partial charge in [0, 0.05) is 22.9 Å². The van der Waals surface area contributed by atoms with Gasteiger partial charge in [0.15, 0.2) is 11.0 Å². The van der Waals surface area contributed by atoms with Gasteiger partial charge < -0.3 is 5.32 Å². The van der Waals surface area contributed by atoms with Crippen molar-refractivity contribution in [1.82, 2.24) is 20.1 Å². The molecule has 1 amide bonds. The second-order valence-corrected chi connectivity index (χ2v) is 10.2. The van der Waals surface area contributed by atoms with E-state index in [0.717, 1.165) is 17.3 Å². The average molecular weight is 556 g/mol. The van der Waals surface area contributed by atoms with E-state index in [4.69, 9.17) is 23.2 Å². The van der Waals surface area contributed by atoms with Crippen LogP contribution in [0.4, 0.5) is 5.69 Å². The highest BCUT2D eigenvalue weighted by Crippen LogP contribution is 2.31.